The summed E-state index contributed by atoms with van der Waals surface area (Å²) in [5.41, 5.74) is 5.74. The van der Waals surface area contributed by atoms with Crippen molar-refractivity contribution < 1.29 is 4.79 Å². The summed E-state index contributed by atoms with van der Waals surface area (Å²) in [6.07, 6.45) is 6.05. The van der Waals surface area contributed by atoms with E-state index in [0.29, 0.717) is 6.04 Å². The lowest BCUT2D eigenvalue weighted by Gasteiger charge is -2.27. The number of benzene rings is 2. The molecule has 5 heteroatoms. The number of nitrogens with zero attached hydrogens (tertiary/aromatic N) is 3. The van der Waals surface area contributed by atoms with E-state index in [-0.39, 0.29) is 11.8 Å². The molecular formula is C27H29N3OS. The fourth-order valence-electron chi connectivity index (χ4n) is 4.40. The van der Waals surface area contributed by atoms with Crippen LogP contribution in [-0.2, 0) is 11.2 Å². The van der Waals surface area contributed by atoms with Gasteiger partial charge in [-0.25, -0.2) is 4.98 Å². The summed E-state index contributed by atoms with van der Waals surface area (Å²) in [6, 6.07) is 19.1. The lowest BCUT2D eigenvalue weighted by Crippen LogP contribution is -2.38. The maximum absolute atomic E-state index is 13.5. The highest BCUT2D eigenvalue weighted by atomic mass is 32.1. The fraction of sp³-hybridized carbons (Fsp3) is 0.333. The zero-order chi connectivity index (χ0) is 22.1. The van der Waals surface area contributed by atoms with Gasteiger partial charge in [0, 0.05) is 41.8 Å². The normalized spacial score (nSPS) is 14.6. The first-order chi connectivity index (χ1) is 15.6. The molecule has 2 aromatic carbocycles. The Morgan fingerprint density at radius 3 is 2.59 bits per heavy atom. The molecule has 0 saturated heterocycles. The van der Waals surface area contributed by atoms with Crippen molar-refractivity contribution in [1.82, 2.24) is 14.3 Å². The molecule has 0 radical (unpaired) electrons. The minimum absolute atomic E-state index is 0.0549. The number of imidazole rings is 1. The Labute approximate surface area is 193 Å². The van der Waals surface area contributed by atoms with E-state index in [9.17, 15) is 4.79 Å². The minimum atomic E-state index is -0.0549. The molecule has 4 nitrogen and oxygen atoms in total. The maximum atomic E-state index is 13.5. The van der Waals surface area contributed by atoms with Gasteiger partial charge in [-0.05, 0) is 31.7 Å². The maximum Gasteiger partial charge on any atom is 0.230 e. The third-order valence-electron chi connectivity index (χ3n) is 6.42. The molecule has 5 rings (SSSR count). The first kappa shape index (κ1) is 21.0. The summed E-state index contributed by atoms with van der Waals surface area (Å²) in [5, 5.41) is 2.19. The number of hydrogen-bond acceptors (Lipinski definition) is 3. The van der Waals surface area contributed by atoms with Crippen molar-refractivity contribution in [3.8, 4) is 11.3 Å². The number of hydrogen-bond donors (Lipinski definition) is 0. The lowest BCUT2D eigenvalue weighted by atomic mass is 9.95. The van der Waals surface area contributed by atoms with Crippen molar-refractivity contribution in [2.24, 2.45) is 0 Å². The standard InChI is InChI=1S/C27H29N3OS/c1-3-24(20-7-5-4-6-8-20)26(31)29(22-13-14-22)16-15-23-18-32-27-28-25(17-30(23)27)21-11-9-19(2)10-12-21/h4-12,17-18,22,24H,3,13-16H2,1-2H3. The van der Waals surface area contributed by atoms with Crippen molar-refractivity contribution in [1.29, 1.82) is 0 Å². The molecule has 0 bridgehead atoms. The molecule has 1 aliphatic rings. The molecule has 1 saturated carbocycles. The molecule has 164 valence electrons. The summed E-state index contributed by atoms with van der Waals surface area (Å²) >= 11 is 1.67. The Hall–Kier alpha value is -2.92. The van der Waals surface area contributed by atoms with Crippen LogP contribution in [0.4, 0.5) is 0 Å². The van der Waals surface area contributed by atoms with E-state index in [1.165, 1.54) is 11.3 Å². The van der Waals surface area contributed by atoms with Crippen molar-refractivity contribution in [2.45, 2.75) is 51.5 Å². The van der Waals surface area contributed by atoms with E-state index in [4.69, 9.17) is 4.98 Å². The number of aryl methyl sites for hydroxylation is 1. The molecule has 32 heavy (non-hydrogen) atoms. The number of carbonyl (C=O) groups is 1. The topological polar surface area (TPSA) is 37.6 Å². The third kappa shape index (κ3) is 4.22. The lowest BCUT2D eigenvalue weighted by molar-refractivity contribution is -0.133. The molecule has 1 atom stereocenters. The molecular weight excluding hydrogens is 414 g/mol. The van der Waals surface area contributed by atoms with Crippen LogP contribution in [0.5, 0.6) is 0 Å². The van der Waals surface area contributed by atoms with Gasteiger partial charge in [-0.2, -0.15) is 0 Å². The highest BCUT2D eigenvalue weighted by molar-refractivity contribution is 7.15. The number of carbonyl (C=O) groups excluding carboxylic acids is 1. The van der Waals surface area contributed by atoms with Crippen molar-refractivity contribution in [3.63, 3.8) is 0 Å². The van der Waals surface area contributed by atoms with Gasteiger partial charge in [0.15, 0.2) is 4.96 Å². The summed E-state index contributed by atoms with van der Waals surface area (Å²) in [4.78, 5) is 21.5. The third-order valence-corrected chi connectivity index (χ3v) is 7.31. The molecule has 1 aliphatic carbocycles. The van der Waals surface area contributed by atoms with Gasteiger partial charge in [0.1, 0.15) is 0 Å². The monoisotopic (exact) mass is 443 g/mol. The molecule has 1 unspecified atom stereocenters. The van der Waals surface area contributed by atoms with Crippen LogP contribution in [0.15, 0.2) is 66.2 Å². The SMILES string of the molecule is CCC(C(=O)N(CCc1csc2nc(-c3ccc(C)cc3)cn12)C1CC1)c1ccccc1. The molecule has 4 aromatic rings. The smallest absolute Gasteiger partial charge is 0.230 e. The predicted molar refractivity (Wildman–Crippen MR) is 131 cm³/mol. The average Bonchev–Trinajstić information content (AvgIpc) is 3.45. The highest BCUT2D eigenvalue weighted by Gasteiger charge is 2.35. The van der Waals surface area contributed by atoms with Gasteiger partial charge in [0.25, 0.3) is 0 Å². The molecule has 0 spiro atoms. The van der Waals surface area contributed by atoms with Gasteiger partial charge in [-0.1, -0.05) is 67.1 Å². The van der Waals surface area contributed by atoms with Crippen molar-refractivity contribution in [3.05, 3.63) is 83.0 Å². The van der Waals surface area contributed by atoms with Gasteiger partial charge >= 0.3 is 0 Å². The molecule has 0 aliphatic heterocycles. The summed E-state index contributed by atoms with van der Waals surface area (Å²) < 4.78 is 2.20. The summed E-state index contributed by atoms with van der Waals surface area (Å²) in [7, 11) is 0. The van der Waals surface area contributed by atoms with Crippen LogP contribution in [0.3, 0.4) is 0 Å². The largest absolute Gasteiger partial charge is 0.339 e. The van der Waals surface area contributed by atoms with Crippen LogP contribution in [0.1, 0.15) is 48.9 Å². The summed E-state index contributed by atoms with van der Waals surface area (Å²) in [5.74, 6) is 0.222. The average molecular weight is 444 g/mol. The van der Waals surface area contributed by atoms with E-state index in [0.717, 1.165) is 54.0 Å². The van der Waals surface area contributed by atoms with E-state index in [1.807, 2.05) is 18.2 Å². The number of aromatic nitrogens is 2. The minimum Gasteiger partial charge on any atom is -0.339 e. The zero-order valence-electron chi connectivity index (χ0n) is 18.7. The first-order valence-corrected chi connectivity index (χ1v) is 12.4. The van der Waals surface area contributed by atoms with E-state index < -0.39 is 0 Å². The van der Waals surface area contributed by atoms with Crippen LogP contribution >= 0.6 is 11.3 Å². The van der Waals surface area contributed by atoms with Crippen LogP contribution in [0.25, 0.3) is 16.2 Å². The Morgan fingerprint density at radius 2 is 1.91 bits per heavy atom. The molecule has 1 fully saturated rings. The van der Waals surface area contributed by atoms with Gasteiger partial charge in [-0.15, -0.1) is 11.3 Å². The number of amides is 1. The van der Waals surface area contributed by atoms with Gasteiger partial charge in [0.2, 0.25) is 5.91 Å². The second-order valence-electron chi connectivity index (χ2n) is 8.76. The zero-order valence-corrected chi connectivity index (χ0v) is 19.5. The highest BCUT2D eigenvalue weighted by Crippen LogP contribution is 2.32. The van der Waals surface area contributed by atoms with E-state index in [1.54, 1.807) is 11.3 Å². The molecule has 1 amide bonds. The van der Waals surface area contributed by atoms with Gasteiger partial charge in [-0.3, -0.25) is 9.20 Å². The van der Waals surface area contributed by atoms with Gasteiger partial charge < -0.3 is 4.90 Å². The fourth-order valence-corrected chi connectivity index (χ4v) is 5.31. The number of rotatable bonds is 8. The second-order valence-corrected chi connectivity index (χ2v) is 9.59. The Kier molecular flexibility index (Phi) is 5.83. The Morgan fingerprint density at radius 1 is 1.16 bits per heavy atom. The van der Waals surface area contributed by atoms with Gasteiger partial charge in [0.05, 0.1) is 11.6 Å². The quantitative estimate of drug-likeness (QED) is 0.330. The van der Waals surface area contributed by atoms with E-state index >= 15 is 0 Å². The molecule has 0 N–H and O–H groups in total. The van der Waals surface area contributed by atoms with Crippen molar-refractivity contribution >= 4 is 22.2 Å². The molecule has 2 aromatic heterocycles. The van der Waals surface area contributed by atoms with E-state index in [2.05, 4.69) is 71.1 Å². The predicted octanol–water partition coefficient (Wildman–Crippen LogP) is 6.10. The number of fused-ring (bicyclic) bond motifs is 1. The Bertz CT molecular complexity index is 1200. The second kappa shape index (κ2) is 8.91. The number of thiazole rings is 1. The Balaban J connectivity index is 1.34. The van der Waals surface area contributed by atoms with Crippen molar-refractivity contribution in [2.75, 3.05) is 6.54 Å². The van der Waals surface area contributed by atoms with Crippen LogP contribution in [0, 0.1) is 6.92 Å². The van der Waals surface area contributed by atoms with Crippen LogP contribution in [0.2, 0.25) is 0 Å². The van der Waals surface area contributed by atoms with Crippen LogP contribution < -0.4 is 0 Å². The molecule has 2 heterocycles. The van der Waals surface area contributed by atoms with Crippen LogP contribution in [-0.4, -0.2) is 32.8 Å². The summed E-state index contributed by atoms with van der Waals surface area (Å²) in [6.45, 7) is 4.97. The first-order valence-electron chi connectivity index (χ1n) is 11.5.